The largest absolute Gasteiger partial charge is 0.328 e. The van der Waals surface area contributed by atoms with E-state index in [4.69, 9.17) is 10.7 Å². The summed E-state index contributed by atoms with van der Waals surface area (Å²) in [5.74, 6) is 1.07. The number of carbonyl (C=O) groups is 1. The van der Waals surface area contributed by atoms with Crippen molar-refractivity contribution >= 4 is 16.9 Å². The maximum Gasteiger partial charge on any atom is 0.254 e. The molecule has 134 valence electrons. The van der Waals surface area contributed by atoms with Crippen LogP contribution in [-0.2, 0) is 13.1 Å². The van der Waals surface area contributed by atoms with Gasteiger partial charge in [-0.2, -0.15) is 0 Å². The second-order valence-electron chi connectivity index (χ2n) is 6.76. The molecule has 0 radical (unpaired) electrons. The monoisotopic (exact) mass is 348 g/mol. The maximum atomic E-state index is 13.1. The van der Waals surface area contributed by atoms with E-state index in [9.17, 15) is 4.79 Å². The van der Waals surface area contributed by atoms with E-state index in [1.54, 1.807) is 0 Å². The predicted octanol–water partition coefficient (Wildman–Crippen LogP) is 3.49. The summed E-state index contributed by atoms with van der Waals surface area (Å²) in [6, 6.07) is 15.8. The molecule has 1 aliphatic heterocycles. The molecular weight excluding hydrogens is 324 g/mol. The Morgan fingerprint density at radius 3 is 2.69 bits per heavy atom. The molecule has 1 amide bonds. The van der Waals surface area contributed by atoms with Crippen molar-refractivity contribution in [3.63, 3.8) is 0 Å². The standard InChI is InChI=1S/C21H24N4O/c1-2-24-18-7-4-3-6-17(18)23-20(24)19-8-5-13-25(19)21(26)16-11-9-15(14-22)10-12-16/h3-4,6-7,9-12,19H,2,5,8,13-14,22H2,1H3/t19-/m1/s1. The van der Waals surface area contributed by atoms with Gasteiger partial charge in [-0.25, -0.2) is 4.98 Å². The summed E-state index contributed by atoms with van der Waals surface area (Å²) in [5, 5.41) is 0. The molecule has 0 saturated carbocycles. The Hall–Kier alpha value is -2.66. The van der Waals surface area contributed by atoms with Crippen molar-refractivity contribution in [2.24, 2.45) is 5.73 Å². The van der Waals surface area contributed by atoms with Crippen molar-refractivity contribution in [3.8, 4) is 0 Å². The minimum atomic E-state index is 0.0315. The first kappa shape index (κ1) is 16.8. The minimum absolute atomic E-state index is 0.0315. The van der Waals surface area contributed by atoms with E-state index in [1.165, 1.54) is 0 Å². The van der Waals surface area contributed by atoms with Gasteiger partial charge >= 0.3 is 0 Å². The van der Waals surface area contributed by atoms with Crippen LogP contribution in [0.2, 0.25) is 0 Å². The Balaban J connectivity index is 1.69. The van der Waals surface area contributed by atoms with Crippen LogP contribution in [0.5, 0.6) is 0 Å². The zero-order chi connectivity index (χ0) is 18.1. The van der Waals surface area contributed by atoms with Crippen LogP contribution in [0.15, 0.2) is 48.5 Å². The Kier molecular flexibility index (Phi) is 4.47. The highest BCUT2D eigenvalue weighted by Crippen LogP contribution is 2.34. The molecular formula is C21H24N4O. The number of benzene rings is 2. The molecule has 1 aliphatic rings. The molecule has 26 heavy (non-hydrogen) atoms. The lowest BCUT2D eigenvalue weighted by Gasteiger charge is -2.25. The molecule has 2 heterocycles. The second kappa shape index (κ2) is 6.92. The molecule has 5 heteroatoms. The van der Waals surface area contributed by atoms with Gasteiger partial charge in [0.2, 0.25) is 0 Å². The van der Waals surface area contributed by atoms with Gasteiger partial charge in [0.1, 0.15) is 5.82 Å². The van der Waals surface area contributed by atoms with Crippen LogP contribution in [0, 0.1) is 0 Å². The number of imidazole rings is 1. The van der Waals surface area contributed by atoms with Crippen molar-refractivity contribution in [3.05, 3.63) is 65.5 Å². The van der Waals surface area contributed by atoms with E-state index in [0.717, 1.165) is 48.4 Å². The second-order valence-corrected chi connectivity index (χ2v) is 6.76. The topological polar surface area (TPSA) is 64.2 Å². The summed E-state index contributed by atoms with van der Waals surface area (Å²) in [6.45, 7) is 4.24. The molecule has 2 N–H and O–H groups in total. The van der Waals surface area contributed by atoms with E-state index in [-0.39, 0.29) is 11.9 Å². The third-order valence-corrected chi connectivity index (χ3v) is 5.25. The summed E-state index contributed by atoms with van der Waals surface area (Å²) in [6.07, 6.45) is 1.96. The Labute approximate surface area is 153 Å². The van der Waals surface area contributed by atoms with Crippen LogP contribution in [0.3, 0.4) is 0 Å². The fraction of sp³-hybridized carbons (Fsp3) is 0.333. The van der Waals surface area contributed by atoms with Gasteiger partial charge in [0, 0.05) is 25.2 Å². The molecule has 0 bridgehead atoms. The number of fused-ring (bicyclic) bond motifs is 1. The highest BCUT2D eigenvalue weighted by molar-refractivity contribution is 5.94. The van der Waals surface area contributed by atoms with Gasteiger partial charge in [-0.1, -0.05) is 24.3 Å². The zero-order valence-electron chi connectivity index (χ0n) is 15.1. The smallest absolute Gasteiger partial charge is 0.254 e. The van der Waals surface area contributed by atoms with Crippen LogP contribution in [-0.4, -0.2) is 26.9 Å². The van der Waals surface area contributed by atoms with Crippen LogP contribution in [0.4, 0.5) is 0 Å². The summed E-state index contributed by atoms with van der Waals surface area (Å²) in [7, 11) is 0. The fourth-order valence-electron chi connectivity index (χ4n) is 3.91. The average Bonchev–Trinajstić information content (AvgIpc) is 3.31. The maximum absolute atomic E-state index is 13.1. The molecule has 1 atom stereocenters. The Morgan fingerprint density at radius 1 is 1.19 bits per heavy atom. The quantitative estimate of drug-likeness (QED) is 0.785. The van der Waals surface area contributed by atoms with Gasteiger partial charge < -0.3 is 15.2 Å². The van der Waals surface area contributed by atoms with Crippen LogP contribution in [0.25, 0.3) is 11.0 Å². The summed E-state index contributed by atoms with van der Waals surface area (Å²) in [5.41, 5.74) is 9.54. The number of aromatic nitrogens is 2. The molecule has 4 rings (SSSR count). The fourth-order valence-corrected chi connectivity index (χ4v) is 3.91. The molecule has 0 unspecified atom stereocenters. The Bertz CT molecular complexity index is 929. The van der Waals surface area contributed by atoms with Crippen molar-refractivity contribution in [2.75, 3.05) is 6.54 Å². The first-order valence-corrected chi connectivity index (χ1v) is 9.28. The predicted molar refractivity (Wildman–Crippen MR) is 103 cm³/mol. The molecule has 0 aliphatic carbocycles. The van der Waals surface area contributed by atoms with Gasteiger partial charge in [0.25, 0.3) is 5.91 Å². The average molecular weight is 348 g/mol. The molecule has 5 nitrogen and oxygen atoms in total. The van der Waals surface area contributed by atoms with Gasteiger partial charge in [0.15, 0.2) is 0 Å². The van der Waals surface area contributed by atoms with Gasteiger partial charge in [-0.15, -0.1) is 0 Å². The number of nitrogens with two attached hydrogens (primary N) is 1. The summed E-state index contributed by atoms with van der Waals surface area (Å²) in [4.78, 5) is 20.0. The lowest BCUT2D eigenvalue weighted by molar-refractivity contribution is 0.0728. The number of para-hydroxylation sites is 2. The van der Waals surface area contributed by atoms with Gasteiger partial charge in [0.05, 0.1) is 17.1 Å². The molecule has 3 aromatic rings. The number of aryl methyl sites for hydroxylation is 1. The third kappa shape index (κ3) is 2.78. The Morgan fingerprint density at radius 2 is 1.96 bits per heavy atom. The van der Waals surface area contributed by atoms with Crippen molar-refractivity contribution in [1.82, 2.24) is 14.5 Å². The number of rotatable bonds is 4. The highest BCUT2D eigenvalue weighted by Gasteiger charge is 2.34. The van der Waals surface area contributed by atoms with E-state index in [1.807, 2.05) is 47.4 Å². The zero-order valence-corrected chi connectivity index (χ0v) is 15.1. The van der Waals surface area contributed by atoms with Gasteiger partial charge in [-0.3, -0.25) is 4.79 Å². The van der Waals surface area contributed by atoms with Crippen molar-refractivity contribution in [1.29, 1.82) is 0 Å². The van der Waals surface area contributed by atoms with Gasteiger partial charge in [-0.05, 0) is 49.6 Å². The van der Waals surface area contributed by atoms with E-state index < -0.39 is 0 Å². The number of hydrogen-bond acceptors (Lipinski definition) is 3. The molecule has 2 aromatic carbocycles. The van der Waals surface area contributed by atoms with E-state index in [0.29, 0.717) is 12.1 Å². The van der Waals surface area contributed by atoms with Crippen molar-refractivity contribution < 1.29 is 4.79 Å². The first-order chi connectivity index (χ1) is 12.7. The van der Waals surface area contributed by atoms with Crippen LogP contribution >= 0.6 is 0 Å². The molecule has 0 spiro atoms. The lowest BCUT2D eigenvalue weighted by atomic mass is 10.1. The minimum Gasteiger partial charge on any atom is -0.328 e. The highest BCUT2D eigenvalue weighted by atomic mass is 16.2. The van der Waals surface area contributed by atoms with Crippen molar-refractivity contribution in [2.45, 2.75) is 38.9 Å². The normalized spacial score (nSPS) is 17.2. The van der Waals surface area contributed by atoms with Crippen LogP contribution < -0.4 is 5.73 Å². The number of amides is 1. The summed E-state index contributed by atoms with van der Waals surface area (Å²) >= 11 is 0. The molecule has 1 fully saturated rings. The number of nitrogens with zero attached hydrogens (tertiary/aromatic N) is 3. The van der Waals surface area contributed by atoms with E-state index >= 15 is 0 Å². The molecule has 1 aromatic heterocycles. The third-order valence-electron chi connectivity index (χ3n) is 5.25. The summed E-state index contributed by atoms with van der Waals surface area (Å²) < 4.78 is 2.24. The number of carbonyl (C=O) groups excluding carboxylic acids is 1. The van der Waals surface area contributed by atoms with Crippen LogP contribution in [0.1, 0.15) is 47.6 Å². The first-order valence-electron chi connectivity index (χ1n) is 9.28. The SMILES string of the molecule is CCn1c([C@H]2CCCN2C(=O)c2ccc(CN)cc2)nc2ccccc21. The number of hydrogen-bond donors (Lipinski definition) is 1. The lowest BCUT2D eigenvalue weighted by Crippen LogP contribution is -2.32. The van der Waals surface area contributed by atoms with E-state index in [2.05, 4.69) is 17.6 Å². The molecule has 1 saturated heterocycles. The number of likely N-dealkylation sites (tertiary alicyclic amines) is 1.